The Morgan fingerprint density at radius 2 is 2.05 bits per heavy atom. The number of hydrogen-bond acceptors (Lipinski definition) is 3. The third-order valence-electron chi connectivity index (χ3n) is 3.41. The molecule has 0 saturated heterocycles. The van der Waals surface area contributed by atoms with Gasteiger partial charge in [0.05, 0.1) is 23.4 Å². The number of pyridine rings is 1. The number of aromatic nitrogens is 1. The molecule has 1 heterocycles. The van der Waals surface area contributed by atoms with Crippen LogP contribution in [0.5, 0.6) is 5.75 Å². The second-order valence-corrected chi connectivity index (χ2v) is 5.73. The zero-order chi connectivity index (χ0) is 16.2. The first kappa shape index (κ1) is 16.0. The van der Waals surface area contributed by atoms with Crippen molar-refractivity contribution in [3.05, 3.63) is 59.4 Å². The summed E-state index contributed by atoms with van der Waals surface area (Å²) >= 11 is 0. The smallest absolute Gasteiger partial charge is 0.255 e. The lowest BCUT2D eigenvalue weighted by molar-refractivity contribution is 0.0906. The van der Waals surface area contributed by atoms with E-state index in [4.69, 9.17) is 4.74 Å². The van der Waals surface area contributed by atoms with E-state index in [1.165, 1.54) is 0 Å². The zero-order valence-electron chi connectivity index (χ0n) is 13.5. The van der Waals surface area contributed by atoms with Gasteiger partial charge in [0.1, 0.15) is 5.75 Å². The second-order valence-electron chi connectivity index (χ2n) is 5.73. The molecule has 0 saturated carbocycles. The first-order chi connectivity index (χ1) is 10.4. The molecule has 1 aromatic heterocycles. The molecule has 22 heavy (non-hydrogen) atoms. The molecule has 0 aliphatic rings. The van der Waals surface area contributed by atoms with E-state index in [1.54, 1.807) is 12.3 Å². The van der Waals surface area contributed by atoms with Gasteiger partial charge in [-0.3, -0.25) is 9.78 Å². The van der Waals surface area contributed by atoms with Crippen LogP contribution in [0.4, 0.5) is 0 Å². The van der Waals surface area contributed by atoms with Gasteiger partial charge in [-0.25, -0.2) is 0 Å². The number of nitrogens with one attached hydrogen (secondary N) is 1. The number of ether oxygens (including phenoxy) is 1. The van der Waals surface area contributed by atoms with Gasteiger partial charge in [-0.1, -0.05) is 12.1 Å². The quantitative estimate of drug-likeness (QED) is 0.919. The Labute approximate surface area is 131 Å². The number of hydrogen-bond donors (Lipinski definition) is 1. The van der Waals surface area contributed by atoms with Crippen LogP contribution >= 0.6 is 0 Å². The van der Waals surface area contributed by atoms with Crippen molar-refractivity contribution in [2.75, 3.05) is 6.61 Å². The Bertz CT molecular complexity index is 651. The zero-order valence-corrected chi connectivity index (χ0v) is 13.5. The lowest BCUT2D eigenvalue weighted by atomic mass is 9.99. The highest BCUT2D eigenvalue weighted by Crippen LogP contribution is 2.23. The molecule has 1 N–H and O–H groups in total. The number of aryl methyl sites for hydroxylation is 1. The Hall–Kier alpha value is -2.36. The number of rotatable bonds is 5. The maximum absolute atomic E-state index is 12.6. The van der Waals surface area contributed by atoms with E-state index >= 15 is 0 Å². The SMILES string of the molecule is CCOc1cc(C)ccc1C(=O)NC(C)(C)c1ccccn1. The molecule has 4 nitrogen and oxygen atoms in total. The summed E-state index contributed by atoms with van der Waals surface area (Å²) in [6.45, 7) is 8.26. The van der Waals surface area contributed by atoms with Crippen molar-refractivity contribution in [2.24, 2.45) is 0 Å². The average molecular weight is 298 g/mol. The van der Waals surface area contributed by atoms with Gasteiger partial charge in [-0.15, -0.1) is 0 Å². The summed E-state index contributed by atoms with van der Waals surface area (Å²) < 4.78 is 5.58. The number of benzene rings is 1. The van der Waals surface area contributed by atoms with Gasteiger partial charge in [0, 0.05) is 6.20 Å². The summed E-state index contributed by atoms with van der Waals surface area (Å²) in [5.41, 5.74) is 1.85. The van der Waals surface area contributed by atoms with Gasteiger partial charge in [0.2, 0.25) is 0 Å². The third kappa shape index (κ3) is 3.64. The summed E-state index contributed by atoms with van der Waals surface area (Å²) in [6.07, 6.45) is 1.72. The van der Waals surface area contributed by atoms with Gasteiger partial charge >= 0.3 is 0 Å². The van der Waals surface area contributed by atoms with Crippen LogP contribution in [0, 0.1) is 6.92 Å². The van der Waals surface area contributed by atoms with Crippen molar-refractivity contribution >= 4 is 5.91 Å². The summed E-state index contributed by atoms with van der Waals surface area (Å²) in [5, 5.41) is 3.03. The van der Waals surface area contributed by atoms with Crippen LogP contribution in [0.25, 0.3) is 0 Å². The Balaban J connectivity index is 2.26. The maximum atomic E-state index is 12.6. The van der Waals surface area contributed by atoms with E-state index in [9.17, 15) is 4.79 Å². The largest absolute Gasteiger partial charge is 0.493 e. The predicted molar refractivity (Wildman–Crippen MR) is 87.1 cm³/mol. The number of carbonyl (C=O) groups excluding carboxylic acids is 1. The van der Waals surface area contributed by atoms with Gasteiger partial charge < -0.3 is 10.1 Å². The summed E-state index contributed by atoms with van der Waals surface area (Å²) in [5.74, 6) is 0.441. The van der Waals surface area contributed by atoms with Crippen molar-refractivity contribution in [3.8, 4) is 5.75 Å². The van der Waals surface area contributed by atoms with Crippen LogP contribution in [0.3, 0.4) is 0 Å². The number of nitrogens with zero attached hydrogens (tertiary/aromatic N) is 1. The van der Waals surface area contributed by atoms with Crippen LogP contribution in [0.2, 0.25) is 0 Å². The van der Waals surface area contributed by atoms with Crippen LogP contribution in [0.15, 0.2) is 42.6 Å². The Kier molecular flexibility index (Phi) is 4.81. The lowest BCUT2D eigenvalue weighted by Gasteiger charge is -2.26. The fraction of sp³-hybridized carbons (Fsp3) is 0.333. The topological polar surface area (TPSA) is 51.2 Å². The number of amides is 1. The molecule has 0 fully saturated rings. The van der Waals surface area contributed by atoms with Crippen LogP contribution in [-0.4, -0.2) is 17.5 Å². The second kappa shape index (κ2) is 6.60. The average Bonchev–Trinajstić information content (AvgIpc) is 2.48. The van der Waals surface area contributed by atoms with Gasteiger partial charge in [-0.2, -0.15) is 0 Å². The highest BCUT2D eigenvalue weighted by atomic mass is 16.5. The number of carbonyl (C=O) groups is 1. The molecule has 116 valence electrons. The van der Waals surface area contributed by atoms with E-state index in [-0.39, 0.29) is 5.91 Å². The monoisotopic (exact) mass is 298 g/mol. The summed E-state index contributed by atoms with van der Waals surface area (Å²) in [6, 6.07) is 11.3. The summed E-state index contributed by atoms with van der Waals surface area (Å²) in [4.78, 5) is 16.9. The molecular formula is C18H22N2O2. The molecular weight excluding hydrogens is 276 g/mol. The first-order valence-electron chi connectivity index (χ1n) is 7.41. The maximum Gasteiger partial charge on any atom is 0.255 e. The molecule has 0 spiro atoms. The molecule has 4 heteroatoms. The molecule has 0 bridgehead atoms. The van der Waals surface area contributed by atoms with E-state index in [0.717, 1.165) is 11.3 Å². The molecule has 0 radical (unpaired) electrons. The minimum atomic E-state index is -0.563. The fourth-order valence-electron chi connectivity index (χ4n) is 2.24. The standard InChI is InChI=1S/C18H22N2O2/c1-5-22-15-12-13(2)9-10-14(15)17(21)20-18(3,4)16-8-6-7-11-19-16/h6-12H,5H2,1-4H3,(H,20,21). The highest BCUT2D eigenvalue weighted by molar-refractivity contribution is 5.97. The highest BCUT2D eigenvalue weighted by Gasteiger charge is 2.26. The van der Waals surface area contributed by atoms with Crippen LogP contribution in [0.1, 0.15) is 42.4 Å². The lowest BCUT2D eigenvalue weighted by Crippen LogP contribution is -2.41. The van der Waals surface area contributed by atoms with Crippen LogP contribution < -0.4 is 10.1 Å². The van der Waals surface area contributed by atoms with Gasteiger partial charge in [0.25, 0.3) is 5.91 Å². The van der Waals surface area contributed by atoms with Crippen molar-refractivity contribution < 1.29 is 9.53 Å². The molecule has 2 aromatic rings. The Morgan fingerprint density at radius 1 is 1.27 bits per heavy atom. The fourth-order valence-corrected chi connectivity index (χ4v) is 2.24. The van der Waals surface area contributed by atoms with Crippen molar-refractivity contribution in [1.82, 2.24) is 10.3 Å². The van der Waals surface area contributed by atoms with Crippen LogP contribution in [-0.2, 0) is 5.54 Å². The third-order valence-corrected chi connectivity index (χ3v) is 3.41. The van der Waals surface area contributed by atoms with Crippen molar-refractivity contribution in [3.63, 3.8) is 0 Å². The summed E-state index contributed by atoms with van der Waals surface area (Å²) in [7, 11) is 0. The van der Waals surface area contributed by atoms with Gasteiger partial charge in [-0.05, 0) is 57.5 Å². The van der Waals surface area contributed by atoms with E-state index in [1.807, 2.05) is 58.0 Å². The molecule has 2 rings (SSSR count). The van der Waals surface area contributed by atoms with Gasteiger partial charge in [0.15, 0.2) is 0 Å². The molecule has 1 aromatic carbocycles. The normalized spacial score (nSPS) is 11.1. The Morgan fingerprint density at radius 3 is 2.68 bits per heavy atom. The molecule has 0 aliphatic carbocycles. The minimum absolute atomic E-state index is 0.167. The van der Waals surface area contributed by atoms with E-state index < -0.39 is 5.54 Å². The van der Waals surface area contributed by atoms with E-state index in [2.05, 4.69) is 10.3 Å². The van der Waals surface area contributed by atoms with E-state index in [0.29, 0.717) is 17.9 Å². The molecule has 1 amide bonds. The predicted octanol–water partition coefficient (Wildman–Crippen LogP) is 3.45. The molecule has 0 aliphatic heterocycles. The molecule has 0 unspecified atom stereocenters. The minimum Gasteiger partial charge on any atom is -0.493 e. The van der Waals surface area contributed by atoms with Crippen molar-refractivity contribution in [1.29, 1.82) is 0 Å². The molecule has 0 atom stereocenters. The van der Waals surface area contributed by atoms with Crippen molar-refractivity contribution in [2.45, 2.75) is 33.2 Å². The first-order valence-corrected chi connectivity index (χ1v) is 7.41.